The summed E-state index contributed by atoms with van der Waals surface area (Å²) in [6.45, 7) is 5.13. The number of rotatable bonds is 8. The minimum absolute atomic E-state index is 0.908. The van der Waals surface area contributed by atoms with Crippen molar-refractivity contribution in [1.82, 2.24) is 4.90 Å². The normalized spacial score (nSPS) is 11.1. The zero-order valence-corrected chi connectivity index (χ0v) is 15.4. The molecule has 0 bridgehead atoms. The summed E-state index contributed by atoms with van der Waals surface area (Å²) in [5.41, 5.74) is 3.77. The number of nitrogens with zero attached hydrogens (tertiary/aromatic N) is 1. The molecule has 22 heavy (non-hydrogen) atoms. The van der Waals surface area contributed by atoms with Gasteiger partial charge in [0.25, 0.3) is 0 Å². The van der Waals surface area contributed by atoms with E-state index < -0.39 is 0 Å². The molecule has 0 aliphatic carbocycles. The van der Waals surface area contributed by atoms with Gasteiger partial charge in [0.15, 0.2) is 0 Å². The summed E-state index contributed by atoms with van der Waals surface area (Å²) >= 11 is 9.99. The van der Waals surface area contributed by atoms with Crippen molar-refractivity contribution >= 4 is 27.5 Å². The fourth-order valence-electron chi connectivity index (χ4n) is 2.56. The van der Waals surface area contributed by atoms with Gasteiger partial charge < -0.3 is 0 Å². The second-order valence-corrected chi connectivity index (χ2v) is 6.77. The largest absolute Gasteiger partial charge is 0.299 e. The maximum absolute atomic E-state index is 6.45. The molecule has 0 unspecified atom stereocenters. The first-order chi connectivity index (χ1) is 10.7. The standard InChI is InChI=1S/C19H23BrClN/c1-16-7-5-10-18(19(16)21)15-22(13-6-12-20)14-11-17-8-3-2-4-9-17/h2-5,7-10H,6,11-15H2,1H3. The van der Waals surface area contributed by atoms with E-state index in [1.807, 2.05) is 0 Å². The van der Waals surface area contributed by atoms with E-state index in [0.717, 1.165) is 48.4 Å². The molecule has 0 aromatic heterocycles. The fourth-order valence-corrected chi connectivity index (χ4v) is 2.99. The van der Waals surface area contributed by atoms with Crippen LogP contribution in [0, 0.1) is 6.92 Å². The quantitative estimate of drug-likeness (QED) is 0.548. The van der Waals surface area contributed by atoms with Crippen LogP contribution in [0.2, 0.25) is 5.02 Å². The minimum Gasteiger partial charge on any atom is -0.299 e. The lowest BCUT2D eigenvalue weighted by Gasteiger charge is -2.23. The minimum atomic E-state index is 0.908. The Hall–Kier alpha value is -0.830. The van der Waals surface area contributed by atoms with Crippen LogP contribution in [0.15, 0.2) is 48.5 Å². The van der Waals surface area contributed by atoms with Gasteiger partial charge in [-0.25, -0.2) is 0 Å². The number of benzene rings is 2. The zero-order chi connectivity index (χ0) is 15.8. The Morgan fingerprint density at radius 1 is 1.00 bits per heavy atom. The lowest BCUT2D eigenvalue weighted by molar-refractivity contribution is 0.270. The Labute approximate surface area is 147 Å². The first-order valence-electron chi connectivity index (χ1n) is 7.77. The summed E-state index contributed by atoms with van der Waals surface area (Å²) in [6, 6.07) is 17.0. The Kier molecular flexibility index (Phi) is 7.44. The SMILES string of the molecule is Cc1cccc(CN(CCCBr)CCc2ccccc2)c1Cl. The monoisotopic (exact) mass is 379 g/mol. The van der Waals surface area contributed by atoms with Crippen molar-refractivity contribution < 1.29 is 0 Å². The van der Waals surface area contributed by atoms with Crippen LogP contribution in [0.25, 0.3) is 0 Å². The second-order valence-electron chi connectivity index (χ2n) is 5.60. The van der Waals surface area contributed by atoms with Gasteiger partial charge in [-0.3, -0.25) is 4.90 Å². The summed E-state index contributed by atoms with van der Waals surface area (Å²) in [5.74, 6) is 0. The molecule has 0 aliphatic heterocycles. The zero-order valence-electron chi connectivity index (χ0n) is 13.1. The summed E-state index contributed by atoms with van der Waals surface area (Å²) < 4.78 is 0. The van der Waals surface area contributed by atoms with E-state index in [2.05, 4.69) is 76.3 Å². The van der Waals surface area contributed by atoms with Crippen molar-refractivity contribution in [3.63, 3.8) is 0 Å². The molecule has 1 nitrogen and oxygen atoms in total. The van der Waals surface area contributed by atoms with Crippen LogP contribution in [0.3, 0.4) is 0 Å². The number of alkyl halides is 1. The Morgan fingerprint density at radius 2 is 1.77 bits per heavy atom. The number of halogens is 2. The molecule has 0 heterocycles. The average molecular weight is 381 g/mol. The predicted molar refractivity (Wildman–Crippen MR) is 100 cm³/mol. The summed E-state index contributed by atoms with van der Waals surface area (Å²) in [7, 11) is 0. The molecule has 0 amide bonds. The van der Waals surface area contributed by atoms with Crippen LogP contribution in [-0.4, -0.2) is 23.3 Å². The van der Waals surface area contributed by atoms with E-state index in [1.54, 1.807) is 0 Å². The van der Waals surface area contributed by atoms with Gasteiger partial charge in [0, 0.05) is 23.4 Å². The molecule has 2 aromatic rings. The molecule has 2 aromatic carbocycles. The smallest absolute Gasteiger partial charge is 0.0480 e. The lowest BCUT2D eigenvalue weighted by atomic mass is 10.1. The highest BCUT2D eigenvalue weighted by Gasteiger charge is 2.10. The molecule has 118 valence electrons. The van der Waals surface area contributed by atoms with Crippen molar-refractivity contribution in [3.05, 3.63) is 70.2 Å². The third kappa shape index (κ3) is 5.42. The van der Waals surface area contributed by atoms with Crippen molar-refractivity contribution in [1.29, 1.82) is 0 Å². The summed E-state index contributed by atoms with van der Waals surface area (Å²) in [4.78, 5) is 2.49. The Morgan fingerprint density at radius 3 is 2.50 bits per heavy atom. The van der Waals surface area contributed by atoms with E-state index in [4.69, 9.17) is 11.6 Å². The molecule has 0 atom stereocenters. The van der Waals surface area contributed by atoms with Crippen LogP contribution in [0.5, 0.6) is 0 Å². The maximum Gasteiger partial charge on any atom is 0.0480 e. The molecule has 0 aliphatic rings. The molecule has 0 saturated carbocycles. The van der Waals surface area contributed by atoms with Gasteiger partial charge >= 0.3 is 0 Å². The average Bonchev–Trinajstić information content (AvgIpc) is 2.55. The van der Waals surface area contributed by atoms with Gasteiger partial charge in [0.05, 0.1) is 0 Å². The Balaban J connectivity index is 2.00. The van der Waals surface area contributed by atoms with Crippen LogP contribution < -0.4 is 0 Å². The number of hydrogen-bond donors (Lipinski definition) is 0. The lowest BCUT2D eigenvalue weighted by Crippen LogP contribution is -2.27. The number of hydrogen-bond acceptors (Lipinski definition) is 1. The van der Waals surface area contributed by atoms with Crippen molar-refractivity contribution in [2.75, 3.05) is 18.4 Å². The number of aryl methyl sites for hydroxylation is 1. The first kappa shape index (κ1) is 17.5. The van der Waals surface area contributed by atoms with E-state index in [1.165, 1.54) is 11.1 Å². The third-order valence-corrected chi connectivity index (χ3v) is 4.93. The molecule has 0 N–H and O–H groups in total. The molecule has 0 radical (unpaired) electrons. The van der Waals surface area contributed by atoms with Crippen LogP contribution in [-0.2, 0) is 13.0 Å². The third-order valence-electron chi connectivity index (χ3n) is 3.83. The van der Waals surface area contributed by atoms with E-state index >= 15 is 0 Å². The molecule has 0 saturated heterocycles. The van der Waals surface area contributed by atoms with Gasteiger partial charge in [0.1, 0.15) is 0 Å². The van der Waals surface area contributed by atoms with E-state index in [9.17, 15) is 0 Å². The molecule has 2 rings (SSSR count). The van der Waals surface area contributed by atoms with Crippen LogP contribution >= 0.6 is 27.5 Å². The molecule has 0 spiro atoms. The van der Waals surface area contributed by atoms with Gasteiger partial charge in [-0.2, -0.15) is 0 Å². The molecular weight excluding hydrogens is 358 g/mol. The Bertz CT molecular complexity index is 571. The molecule has 3 heteroatoms. The molecule has 0 fully saturated rings. The van der Waals surface area contributed by atoms with Crippen molar-refractivity contribution in [3.8, 4) is 0 Å². The van der Waals surface area contributed by atoms with Gasteiger partial charge in [-0.05, 0) is 43.0 Å². The summed E-state index contributed by atoms with van der Waals surface area (Å²) in [6.07, 6.45) is 2.23. The van der Waals surface area contributed by atoms with Crippen molar-refractivity contribution in [2.24, 2.45) is 0 Å². The van der Waals surface area contributed by atoms with Crippen molar-refractivity contribution in [2.45, 2.75) is 26.3 Å². The van der Waals surface area contributed by atoms with Gasteiger partial charge in [-0.1, -0.05) is 76.1 Å². The van der Waals surface area contributed by atoms with E-state index in [0.29, 0.717) is 0 Å². The van der Waals surface area contributed by atoms with Gasteiger partial charge in [0.2, 0.25) is 0 Å². The van der Waals surface area contributed by atoms with Crippen LogP contribution in [0.1, 0.15) is 23.1 Å². The highest BCUT2D eigenvalue weighted by molar-refractivity contribution is 9.09. The molecular formula is C19H23BrClN. The highest BCUT2D eigenvalue weighted by atomic mass is 79.9. The topological polar surface area (TPSA) is 3.24 Å². The van der Waals surface area contributed by atoms with E-state index in [-0.39, 0.29) is 0 Å². The highest BCUT2D eigenvalue weighted by Crippen LogP contribution is 2.22. The van der Waals surface area contributed by atoms with Crippen LogP contribution in [0.4, 0.5) is 0 Å². The maximum atomic E-state index is 6.45. The fraction of sp³-hybridized carbons (Fsp3) is 0.368. The predicted octanol–water partition coefficient (Wildman–Crippen LogP) is 5.48. The summed E-state index contributed by atoms with van der Waals surface area (Å²) in [5, 5.41) is 1.95. The first-order valence-corrected chi connectivity index (χ1v) is 9.27. The second kappa shape index (κ2) is 9.34. The van der Waals surface area contributed by atoms with Gasteiger partial charge in [-0.15, -0.1) is 0 Å².